The third kappa shape index (κ3) is 2.10. The van der Waals surface area contributed by atoms with Gasteiger partial charge in [-0.25, -0.2) is 4.39 Å². The molecule has 0 fully saturated rings. The van der Waals surface area contributed by atoms with Crippen molar-refractivity contribution in [2.45, 2.75) is 18.9 Å². The first-order valence-corrected chi connectivity index (χ1v) is 6.77. The maximum atomic E-state index is 13.5. The van der Waals surface area contributed by atoms with Crippen LogP contribution in [0.1, 0.15) is 33.2 Å². The fourth-order valence-corrected chi connectivity index (χ4v) is 3.26. The van der Waals surface area contributed by atoms with Gasteiger partial charge < -0.3 is 4.90 Å². The molecule has 0 saturated carbocycles. The van der Waals surface area contributed by atoms with Crippen molar-refractivity contribution in [3.8, 4) is 0 Å². The monoisotopic (exact) mass is 304 g/mol. The highest BCUT2D eigenvalue weighted by atomic mass is 35.5. The number of amides is 1. The van der Waals surface area contributed by atoms with E-state index in [1.54, 1.807) is 18.3 Å². The van der Waals surface area contributed by atoms with Gasteiger partial charge in [0.2, 0.25) is 0 Å². The van der Waals surface area contributed by atoms with Crippen molar-refractivity contribution in [1.29, 1.82) is 0 Å². The molecule has 1 atom stereocenters. The summed E-state index contributed by atoms with van der Waals surface area (Å²) >= 11 is 0. The number of aromatic nitrogens is 1. The van der Waals surface area contributed by atoms with Crippen molar-refractivity contribution in [2.24, 2.45) is 0 Å². The molecule has 21 heavy (non-hydrogen) atoms. The lowest BCUT2D eigenvalue weighted by Gasteiger charge is -2.40. The Balaban J connectivity index is 0.00000132. The quantitative estimate of drug-likeness (QED) is 0.750. The molecular formula is C16H14ClFN2O. The molecule has 0 saturated heterocycles. The lowest BCUT2D eigenvalue weighted by atomic mass is 9.85. The SMILES string of the molecule is Cl.O=C1c2cccnc2CC2c3cc(F)ccc3CCN12. The molecule has 0 radical (unpaired) electrons. The average molecular weight is 305 g/mol. The maximum Gasteiger partial charge on any atom is 0.256 e. The number of carbonyl (C=O) groups is 1. The Morgan fingerprint density at radius 2 is 2.14 bits per heavy atom. The molecule has 0 aliphatic carbocycles. The molecule has 0 bridgehead atoms. The summed E-state index contributed by atoms with van der Waals surface area (Å²) in [7, 11) is 0. The maximum absolute atomic E-state index is 13.5. The summed E-state index contributed by atoms with van der Waals surface area (Å²) in [5.41, 5.74) is 3.57. The Kier molecular flexibility index (Phi) is 3.41. The molecule has 2 aliphatic rings. The second-order valence-corrected chi connectivity index (χ2v) is 5.31. The summed E-state index contributed by atoms with van der Waals surface area (Å²) < 4.78 is 13.5. The van der Waals surface area contributed by atoms with Gasteiger partial charge in [0.15, 0.2) is 0 Å². The Labute approximate surface area is 128 Å². The van der Waals surface area contributed by atoms with Gasteiger partial charge in [-0.3, -0.25) is 9.78 Å². The lowest BCUT2D eigenvalue weighted by molar-refractivity contribution is 0.0628. The van der Waals surface area contributed by atoms with Gasteiger partial charge in [-0.1, -0.05) is 6.07 Å². The summed E-state index contributed by atoms with van der Waals surface area (Å²) in [6.07, 6.45) is 3.16. The molecule has 3 heterocycles. The zero-order chi connectivity index (χ0) is 13.7. The van der Waals surface area contributed by atoms with Crippen LogP contribution in [0.5, 0.6) is 0 Å². The van der Waals surface area contributed by atoms with Crippen LogP contribution in [0.3, 0.4) is 0 Å². The molecule has 0 spiro atoms. The molecular weight excluding hydrogens is 291 g/mol. The molecule has 1 unspecified atom stereocenters. The van der Waals surface area contributed by atoms with E-state index >= 15 is 0 Å². The van der Waals surface area contributed by atoms with Crippen molar-refractivity contribution in [1.82, 2.24) is 9.88 Å². The molecule has 2 aliphatic heterocycles. The highest BCUT2D eigenvalue weighted by Gasteiger charge is 2.37. The van der Waals surface area contributed by atoms with Crippen LogP contribution in [0, 0.1) is 5.82 Å². The number of carbonyl (C=O) groups excluding carboxylic acids is 1. The van der Waals surface area contributed by atoms with Crippen LogP contribution in [0.2, 0.25) is 0 Å². The van der Waals surface area contributed by atoms with Crippen LogP contribution in [0.25, 0.3) is 0 Å². The second-order valence-electron chi connectivity index (χ2n) is 5.31. The lowest BCUT2D eigenvalue weighted by Crippen LogP contribution is -2.44. The van der Waals surface area contributed by atoms with Crippen LogP contribution in [-0.4, -0.2) is 22.3 Å². The minimum Gasteiger partial charge on any atom is -0.331 e. The van der Waals surface area contributed by atoms with Gasteiger partial charge in [-0.05, 0) is 41.8 Å². The van der Waals surface area contributed by atoms with Gasteiger partial charge in [0.05, 0.1) is 17.3 Å². The predicted molar refractivity (Wildman–Crippen MR) is 79.1 cm³/mol. The number of hydrogen-bond donors (Lipinski definition) is 0. The third-order valence-electron chi connectivity index (χ3n) is 4.23. The van der Waals surface area contributed by atoms with E-state index in [1.807, 2.05) is 17.0 Å². The summed E-state index contributed by atoms with van der Waals surface area (Å²) in [6, 6.07) is 8.42. The van der Waals surface area contributed by atoms with Crippen LogP contribution in [0.15, 0.2) is 36.5 Å². The van der Waals surface area contributed by atoms with Crippen molar-refractivity contribution in [3.05, 3.63) is 64.7 Å². The van der Waals surface area contributed by atoms with E-state index in [-0.39, 0.29) is 30.2 Å². The van der Waals surface area contributed by atoms with Crippen LogP contribution in [-0.2, 0) is 12.8 Å². The van der Waals surface area contributed by atoms with E-state index in [9.17, 15) is 9.18 Å². The number of rotatable bonds is 0. The highest BCUT2D eigenvalue weighted by molar-refractivity contribution is 5.96. The smallest absolute Gasteiger partial charge is 0.256 e. The Morgan fingerprint density at radius 1 is 1.29 bits per heavy atom. The summed E-state index contributed by atoms with van der Waals surface area (Å²) in [6.45, 7) is 0.691. The number of halogens is 2. The van der Waals surface area contributed by atoms with Gasteiger partial charge in [-0.15, -0.1) is 12.4 Å². The normalized spacial score (nSPS) is 19.2. The molecule has 1 aromatic heterocycles. The van der Waals surface area contributed by atoms with E-state index < -0.39 is 0 Å². The topological polar surface area (TPSA) is 33.2 Å². The van der Waals surface area contributed by atoms with Gasteiger partial charge >= 0.3 is 0 Å². The number of pyridine rings is 1. The molecule has 1 amide bonds. The molecule has 108 valence electrons. The minimum atomic E-state index is -0.245. The first kappa shape index (κ1) is 14.0. The van der Waals surface area contributed by atoms with E-state index in [0.29, 0.717) is 18.5 Å². The van der Waals surface area contributed by atoms with Crippen LogP contribution in [0.4, 0.5) is 4.39 Å². The number of fused-ring (bicyclic) bond motifs is 4. The number of nitrogens with zero attached hydrogens (tertiary/aromatic N) is 2. The zero-order valence-electron chi connectivity index (χ0n) is 11.3. The van der Waals surface area contributed by atoms with Crippen LogP contribution >= 0.6 is 12.4 Å². The second kappa shape index (κ2) is 5.11. The van der Waals surface area contributed by atoms with Crippen molar-refractivity contribution in [3.63, 3.8) is 0 Å². The highest BCUT2D eigenvalue weighted by Crippen LogP contribution is 2.37. The zero-order valence-corrected chi connectivity index (χ0v) is 12.1. The van der Waals surface area contributed by atoms with E-state index in [0.717, 1.165) is 23.2 Å². The molecule has 5 heteroatoms. The van der Waals surface area contributed by atoms with Crippen molar-refractivity contribution in [2.75, 3.05) is 6.54 Å². The molecule has 3 nitrogen and oxygen atoms in total. The Morgan fingerprint density at radius 3 is 3.00 bits per heavy atom. The summed E-state index contributed by atoms with van der Waals surface area (Å²) in [4.78, 5) is 18.7. The fourth-order valence-electron chi connectivity index (χ4n) is 3.26. The minimum absolute atomic E-state index is 0. The van der Waals surface area contributed by atoms with Gasteiger partial charge in [-0.2, -0.15) is 0 Å². The standard InChI is InChI=1S/C16H13FN2O.ClH/c17-11-4-3-10-5-7-19-15(13(10)8-11)9-14-12(16(19)20)2-1-6-18-14;/h1-4,6,8,15H,5,7,9H2;1H. The summed E-state index contributed by atoms with van der Waals surface area (Å²) in [5, 5.41) is 0. The van der Waals surface area contributed by atoms with Gasteiger partial charge in [0, 0.05) is 19.2 Å². The largest absolute Gasteiger partial charge is 0.331 e. The molecule has 0 N–H and O–H groups in total. The van der Waals surface area contributed by atoms with Gasteiger partial charge in [0.1, 0.15) is 5.82 Å². The number of benzene rings is 1. The predicted octanol–water partition coefficient (Wildman–Crippen LogP) is 2.94. The van der Waals surface area contributed by atoms with Crippen LogP contribution < -0.4 is 0 Å². The van der Waals surface area contributed by atoms with Crippen molar-refractivity contribution < 1.29 is 9.18 Å². The number of hydrogen-bond acceptors (Lipinski definition) is 2. The first-order chi connectivity index (χ1) is 9.74. The first-order valence-electron chi connectivity index (χ1n) is 6.77. The molecule has 1 aromatic carbocycles. The Bertz CT molecular complexity index is 719. The molecule has 4 rings (SSSR count). The van der Waals surface area contributed by atoms with E-state index in [1.165, 1.54) is 6.07 Å². The van der Waals surface area contributed by atoms with Crippen molar-refractivity contribution >= 4 is 18.3 Å². The van der Waals surface area contributed by atoms with Gasteiger partial charge in [0.25, 0.3) is 5.91 Å². The summed E-state index contributed by atoms with van der Waals surface area (Å²) in [5.74, 6) is -0.232. The average Bonchev–Trinajstić information content (AvgIpc) is 2.47. The fraction of sp³-hybridized carbons (Fsp3) is 0.250. The van der Waals surface area contributed by atoms with E-state index in [2.05, 4.69) is 4.98 Å². The Hall–Kier alpha value is -1.94. The van der Waals surface area contributed by atoms with E-state index in [4.69, 9.17) is 0 Å². The third-order valence-corrected chi connectivity index (χ3v) is 4.23. The molecule has 2 aromatic rings.